The van der Waals surface area contributed by atoms with Crippen LogP contribution in [0, 0.1) is 0 Å². The molecular formula is C20H23N3O4S. The van der Waals surface area contributed by atoms with E-state index in [0.29, 0.717) is 32.7 Å². The summed E-state index contributed by atoms with van der Waals surface area (Å²) in [5.41, 5.74) is 3.43. The number of nitrogens with one attached hydrogen (secondary N) is 1. The van der Waals surface area contributed by atoms with Gasteiger partial charge in [-0.3, -0.25) is 9.21 Å². The van der Waals surface area contributed by atoms with Crippen LogP contribution in [0.5, 0.6) is 0 Å². The summed E-state index contributed by atoms with van der Waals surface area (Å²) in [4.78, 5) is 14.3. The Hall–Kier alpha value is -2.58. The maximum Gasteiger partial charge on any atom is 0.321 e. The number of hydrogen-bond acceptors (Lipinski definition) is 4. The Morgan fingerprint density at radius 2 is 1.86 bits per heavy atom. The van der Waals surface area contributed by atoms with Gasteiger partial charge in [0.15, 0.2) is 0 Å². The van der Waals surface area contributed by atoms with Crippen LogP contribution in [0.2, 0.25) is 0 Å². The predicted molar refractivity (Wildman–Crippen MR) is 107 cm³/mol. The van der Waals surface area contributed by atoms with E-state index in [1.54, 1.807) is 30.2 Å². The number of rotatable bonds is 5. The molecule has 2 aromatic carbocycles. The van der Waals surface area contributed by atoms with E-state index in [9.17, 15) is 13.2 Å². The molecule has 0 saturated carbocycles. The van der Waals surface area contributed by atoms with Crippen LogP contribution in [0.3, 0.4) is 0 Å². The average molecular weight is 401 g/mol. The molecule has 0 fully saturated rings. The molecule has 1 N–H and O–H groups in total. The Morgan fingerprint density at radius 1 is 1.07 bits per heavy atom. The number of fused-ring (bicyclic) bond motifs is 2. The molecule has 2 heterocycles. The molecule has 148 valence electrons. The molecule has 2 aliphatic heterocycles. The molecule has 0 atom stereocenters. The summed E-state index contributed by atoms with van der Waals surface area (Å²) in [6.07, 6.45) is 1.35. The Balaban J connectivity index is 1.58. The largest absolute Gasteiger partial charge is 0.383 e. The van der Waals surface area contributed by atoms with Crippen molar-refractivity contribution < 1.29 is 17.9 Å². The lowest BCUT2D eigenvalue weighted by molar-refractivity contribution is 0.197. The number of urea groups is 1. The molecule has 2 aromatic rings. The second-order valence-corrected chi connectivity index (χ2v) is 8.74. The van der Waals surface area contributed by atoms with Crippen LogP contribution in [0.25, 0.3) is 0 Å². The van der Waals surface area contributed by atoms with E-state index < -0.39 is 10.0 Å². The molecular weight excluding hydrogens is 378 g/mol. The number of methoxy groups -OCH3 is 1. The standard InChI is InChI=1S/C20H23N3O4S/c1-27-13-10-21-20(24)22-11-8-16-14-17(6-7-18(16)22)28(25,26)23-12-9-15-4-2-3-5-19(15)23/h2-7,14H,8-13H2,1H3,(H,21,24). The highest BCUT2D eigenvalue weighted by atomic mass is 32.2. The third-order valence-electron chi connectivity index (χ3n) is 5.21. The number of para-hydroxylation sites is 1. The van der Waals surface area contributed by atoms with Crippen molar-refractivity contribution in [2.75, 3.05) is 42.6 Å². The first-order valence-electron chi connectivity index (χ1n) is 9.30. The van der Waals surface area contributed by atoms with Gasteiger partial charge in [0.2, 0.25) is 0 Å². The van der Waals surface area contributed by atoms with E-state index in [1.165, 1.54) is 4.31 Å². The molecule has 0 unspecified atom stereocenters. The quantitative estimate of drug-likeness (QED) is 0.779. The van der Waals surface area contributed by atoms with E-state index in [-0.39, 0.29) is 10.9 Å². The number of benzene rings is 2. The van der Waals surface area contributed by atoms with E-state index >= 15 is 0 Å². The van der Waals surface area contributed by atoms with Crippen LogP contribution < -0.4 is 14.5 Å². The van der Waals surface area contributed by atoms with Crippen molar-refractivity contribution >= 4 is 27.4 Å². The zero-order valence-electron chi connectivity index (χ0n) is 15.7. The Kier molecular flexibility index (Phi) is 4.99. The number of sulfonamides is 1. The summed E-state index contributed by atoms with van der Waals surface area (Å²) >= 11 is 0. The Labute approximate surface area is 165 Å². The van der Waals surface area contributed by atoms with Gasteiger partial charge >= 0.3 is 6.03 Å². The summed E-state index contributed by atoms with van der Waals surface area (Å²) in [5.74, 6) is 0. The number of carbonyl (C=O) groups is 1. The second kappa shape index (κ2) is 7.44. The summed E-state index contributed by atoms with van der Waals surface area (Å²) in [6.45, 7) is 1.86. The highest BCUT2D eigenvalue weighted by Gasteiger charge is 2.32. The van der Waals surface area contributed by atoms with Gasteiger partial charge in [-0.2, -0.15) is 0 Å². The van der Waals surface area contributed by atoms with E-state index in [4.69, 9.17) is 4.74 Å². The lowest BCUT2D eigenvalue weighted by atomic mass is 10.2. The van der Waals surface area contributed by atoms with E-state index in [0.717, 1.165) is 28.9 Å². The van der Waals surface area contributed by atoms with Gasteiger partial charge in [0.25, 0.3) is 10.0 Å². The van der Waals surface area contributed by atoms with Crippen LogP contribution in [-0.4, -0.2) is 47.8 Å². The first-order chi connectivity index (χ1) is 13.5. The van der Waals surface area contributed by atoms with Crippen molar-refractivity contribution in [3.05, 3.63) is 53.6 Å². The average Bonchev–Trinajstić information content (AvgIpc) is 3.32. The molecule has 0 aromatic heterocycles. The van der Waals surface area contributed by atoms with Crippen molar-refractivity contribution in [2.24, 2.45) is 0 Å². The van der Waals surface area contributed by atoms with Gasteiger partial charge in [-0.25, -0.2) is 13.2 Å². The fourth-order valence-corrected chi connectivity index (χ4v) is 5.34. The van der Waals surface area contributed by atoms with Gasteiger partial charge in [-0.05, 0) is 48.2 Å². The lowest BCUT2D eigenvalue weighted by Crippen LogP contribution is -2.40. The highest BCUT2D eigenvalue weighted by Crippen LogP contribution is 2.35. The fraction of sp³-hybridized carbons (Fsp3) is 0.350. The summed E-state index contributed by atoms with van der Waals surface area (Å²) in [6, 6.07) is 12.4. The maximum absolute atomic E-state index is 13.2. The molecule has 0 spiro atoms. The molecule has 0 bridgehead atoms. The molecule has 2 amide bonds. The molecule has 7 nitrogen and oxygen atoms in total. The van der Waals surface area contributed by atoms with Crippen molar-refractivity contribution in [3.8, 4) is 0 Å². The summed E-state index contributed by atoms with van der Waals surface area (Å²) in [7, 11) is -2.05. The topological polar surface area (TPSA) is 79.0 Å². The van der Waals surface area contributed by atoms with Gasteiger partial charge in [0.05, 0.1) is 17.2 Å². The number of ether oxygens (including phenoxy) is 1. The number of hydrogen-bond donors (Lipinski definition) is 1. The zero-order chi connectivity index (χ0) is 19.7. The Bertz CT molecular complexity index is 1010. The number of carbonyl (C=O) groups excluding carboxylic acids is 1. The molecule has 0 saturated heterocycles. The monoisotopic (exact) mass is 401 g/mol. The number of nitrogens with zero attached hydrogens (tertiary/aromatic N) is 2. The minimum atomic E-state index is -3.63. The van der Waals surface area contributed by atoms with Gasteiger partial charge in [0, 0.05) is 32.4 Å². The zero-order valence-corrected chi connectivity index (χ0v) is 16.5. The maximum atomic E-state index is 13.2. The van der Waals surface area contributed by atoms with Crippen molar-refractivity contribution in [3.63, 3.8) is 0 Å². The third-order valence-corrected chi connectivity index (χ3v) is 7.02. The minimum Gasteiger partial charge on any atom is -0.383 e. The van der Waals surface area contributed by atoms with Gasteiger partial charge in [0.1, 0.15) is 0 Å². The normalized spacial score (nSPS) is 15.5. The molecule has 2 aliphatic rings. The summed E-state index contributed by atoms with van der Waals surface area (Å²) < 4.78 is 32.8. The van der Waals surface area contributed by atoms with Gasteiger partial charge in [-0.1, -0.05) is 18.2 Å². The number of amides is 2. The van der Waals surface area contributed by atoms with Crippen LogP contribution in [0.15, 0.2) is 47.4 Å². The third kappa shape index (κ3) is 3.22. The van der Waals surface area contributed by atoms with Gasteiger partial charge in [-0.15, -0.1) is 0 Å². The first-order valence-corrected chi connectivity index (χ1v) is 10.7. The van der Waals surface area contributed by atoms with Crippen molar-refractivity contribution in [2.45, 2.75) is 17.7 Å². The van der Waals surface area contributed by atoms with Crippen LogP contribution >= 0.6 is 0 Å². The fourth-order valence-electron chi connectivity index (χ4n) is 3.79. The minimum absolute atomic E-state index is 0.195. The molecule has 4 rings (SSSR count). The van der Waals surface area contributed by atoms with E-state index in [1.807, 2.05) is 24.3 Å². The molecule has 28 heavy (non-hydrogen) atoms. The first kappa shape index (κ1) is 18.8. The van der Waals surface area contributed by atoms with Crippen LogP contribution in [0.1, 0.15) is 11.1 Å². The lowest BCUT2D eigenvalue weighted by Gasteiger charge is -2.21. The Morgan fingerprint density at radius 3 is 2.68 bits per heavy atom. The van der Waals surface area contributed by atoms with Crippen LogP contribution in [-0.2, 0) is 27.6 Å². The SMILES string of the molecule is COCCNC(=O)N1CCc2cc(S(=O)(=O)N3CCc4ccccc43)ccc21. The van der Waals surface area contributed by atoms with Gasteiger partial charge < -0.3 is 10.1 Å². The van der Waals surface area contributed by atoms with Crippen molar-refractivity contribution in [1.82, 2.24) is 5.32 Å². The summed E-state index contributed by atoms with van der Waals surface area (Å²) in [5, 5.41) is 2.80. The smallest absolute Gasteiger partial charge is 0.321 e. The van der Waals surface area contributed by atoms with Crippen LogP contribution in [0.4, 0.5) is 16.2 Å². The van der Waals surface area contributed by atoms with E-state index in [2.05, 4.69) is 5.32 Å². The number of anilines is 2. The second-order valence-electron chi connectivity index (χ2n) is 6.87. The molecule has 0 aliphatic carbocycles. The predicted octanol–water partition coefficient (Wildman–Crippen LogP) is 2.16. The molecule has 0 radical (unpaired) electrons. The van der Waals surface area contributed by atoms with Crippen molar-refractivity contribution in [1.29, 1.82) is 0 Å². The highest BCUT2D eigenvalue weighted by molar-refractivity contribution is 7.92. The molecule has 8 heteroatoms.